The van der Waals surface area contributed by atoms with Crippen molar-refractivity contribution in [2.45, 2.75) is 13.1 Å². The Hall–Kier alpha value is -3.66. The summed E-state index contributed by atoms with van der Waals surface area (Å²) < 4.78 is 33.3. The van der Waals surface area contributed by atoms with Gasteiger partial charge in [-0.2, -0.15) is 4.37 Å². The highest BCUT2D eigenvalue weighted by molar-refractivity contribution is 7.04. The van der Waals surface area contributed by atoms with Crippen molar-refractivity contribution in [2.75, 3.05) is 5.32 Å². The summed E-state index contributed by atoms with van der Waals surface area (Å²) in [6, 6.07) is 11.6. The second-order valence-electron chi connectivity index (χ2n) is 6.47. The molecule has 0 radical (unpaired) electrons. The number of aromatic nitrogens is 3. The van der Waals surface area contributed by atoms with Gasteiger partial charge >= 0.3 is 5.69 Å². The van der Waals surface area contributed by atoms with Gasteiger partial charge in [0.05, 0.1) is 17.7 Å². The molecule has 7 nitrogen and oxygen atoms in total. The standard InChI is InChI=1S/C20H14F2N4O3S/c21-13-6-7-14(22)15(8-13)23-17(27)10-25-16-11-30-24-18(16)19(28)26(20(25)29)9-12-4-2-1-3-5-12/h1-8,11H,9-10H2,(H,23,27). The van der Waals surface area contributed by atoms with Crippen molar-refractivity contribution >= 4 is 34.2 Å². The molecule has 0 aliphatic heterocycles. The topological polar surface area (TPSA) is 86.0 Å². The Morgan fingerprint density at radius 1 is 1.07 bits per heavy atom. The highest BCUT2D eigenvalue weighted by Gasteiger charge is 2.18. The molecule has 2 aromatic heterocycles. The fourth-order valence-electron chi connectivity index (χ4n) is 3.02. The monoisotopic (exact) mass is 428 g/mol. The zero-order chi connectivity index (χ0) is 21.3. The summed E-state index contributed by atoms with van der Waals surface area (Å²) in [6.07, 6.45) is 0. The molecule has 0 aliphatic rings. The van der Waals surface area contributed by atoms with Crippen molar-refractivity contribution in [2.24, 2.45) is 0 Å². The van der Waals surface area contributed by atoms with Crippen LogP contribution >= 0.6 is 11.5 Å². The van der Waals surface area contributed by atoms with Gasteiger partial charge in [-0.1, -0.05) is 30.3 Å². The average Bonchev–Trinajstić information content (AvgIpc) is 3.22. The van der Waals surface area contributed by atoms with Crippen LogP contribution in [0.4, 0.5) is 14.5 Å². The van der Waals surface area contributed by atoms with E-state index in [9.17, 15) is 23.2 Å². The third-order valence-corrected chi connectivity index (χ3v) is 5.06. The van der Waals surface area contributed by atoms with E-state index in [2.05, 4.69) is 9.69 Å². The van der Waals surface area contributed by atoms with Crippen LogP contribution in [0.3, 0.4) is 0 Å². The normalized spacial score (nSPS) is 11.0. The number of anilines is 1. The summed E-state index contributed by atoms with van der Waals surface area (Å²) in [5.74, 6) is -2.28. The van der Waals surface area contributed by atoms with E-state index in [0.29, 0.717) is 0 Å². The molecule has 1 N–H and O–H groups in total. The van der Waals surface area contributed by atoms with E-state index < -0.39 is 35.3 Å². The van der Waals surface area contributed by atoms with Gasteiger partial charge in [-0.25, -0.2) is 13.6 Å². The van der Waals surface area contributed by atoms with Crippen molar-refractivity contribution in [3.8, 4) is 0 Å². The maximum absolute atomic E-state index is 13.8. The molecule has 2 heterocycles. The molecule has 1 amide bonds. The first-order valence-electron chi connectivity index (χ1n) is 8.80. The molecule has 0 unspecified atom stereocenters. The van der Waals surface area contributed by atoms with Crippen LogP contribution in [0.15, 0.2) is 63.5 Å². The minimum Gasteiger partial charge on any atom is -0.322 e. The van der Waals surface area contributed by atoms with Crippen molar-refractivity contribution in [1.29, 1.82) is 0 Å². The Kier molecular flexibility index (Phi) is 5.23. The van der Waals surface area contributed by atoms with Crippen LogP contribution in [-0.4, -0.2) is 19.4 Å². The SMILES string of the molecule is O=C(Cn1c(=O)n(Cc2ccccc2)c(=O)c2nscc21)Nc1cc(F)ccc1F. The molecule has 0 bridgehead atoms. The lowest BCUT2D eigenvalue weighted by Gasteiger charge is -2.12. The van der Waals surface area contributed by atoms with Crippen LogP contribution in [-0.2, 0) is 17.9 Å². The lowest BCUT2D eigenvalue weighted by atomic mass is 10.2. The maximum atomic E-state index is 13.8. The molecule has 0 spiro atoms. The zero-order valence-corrected chi connectivity index (χ0v) is 16.2. The van der Waals surface area contributed by atoms with E-state index in [1.54, 1.807) is 24.3 Å². The molecular formula is C20H14F2N4O3S. The van der Waals surface area contributed by atoms with Crippen molar-refractivity contribution in [3.63, 3.8) is 0 Å². The van der Waals surface area contributed by atoms with Gasteiger partial charge in [0.15, 0.2) is 5.52 Å². The second kappa shape index (κ2) is 7.99. The van der Waals surface area contributed by atoms with Crippen LogP contribution in [0.1, 0.15) is 5.56 Å². The highest BCUT2D eigenvalue weighted by Crippen LogP contribution is 2.16. The largest absolute Gasteiger partial charge is 0.332 e. The number of fused-ring (bicyclic) bond motifs is 1. The number of hydrogen-bond donors (Lipinski definition) is 1. The number of nitrogens with one attached hydrogen (secondary N) is 1. The predicted molar refractivity (Wildman–Crippen MR) is 109 cm³/mol. The number of halogens is 2. The Bertz CT molecular complexity index is 1360. The van der Waals surface area contributed by atoms with Gasteiger partial charge in [0.25, 0.3) is 5.56 Å². The minimum atomic E-state index is -0.812. The minimum absolute atomic E-state index is 0.00607. The van der Waals surface area contributed by atoms with Gasteiger partial charge in [0.2, 0.25) is 5.91 Å². The number of benzene rings is 2. The lowest BCUT2D eigenvalue weighted by molar-refractivity contribution is -0.116. The molecule has 0 fully saturated rings. The lowest BCUT2D eigenvalue weighted by Crippen LogP contribution is -2.41. The summed E-state index contributed by atoms with van der Waals surface area (Å²) in [4.78, 5) is 38.2. The van der Waals surface area contributed by atoms with Crippen LogP contribution in [0, 0.1) is 11.6 Å². The molecular weight excluding hydrogens is 414 g/mol. The van der Waals surface area contributed by atoms with Crippen molar-refractivity contribution in [3.05, 3.63) is 91.9 Å². The van der Waals surface area contributed by atoms with E-state index in [-0.39, 0.29) is 23.3 Å². The molecule has 10 heteroatoms. The van der Waals surface area contributed by atoms with Gasteiger partial charge in [-0.15, -0.1) is 0 Å². The maximum Gasteiger partial charge on any atom is 0.332 e. The fourth-order valence-corrected chi connectivity index (χ4v) is 3.69. The number of rotatable bonds is 5. The Labute approximate surface area is 172 Å². The number of amides is 1. The second-order valence-corrected chi connectivity index (χ2v) is 7.10. The highest BCUT2D eigenvalue weighted by atomic mass is 32.1. The summed E-state index contributed by atoms with van der Waals surface area (Å²) in [7, 11) is 0. The molecule has 2 aromatic carbocycles. The summed E-state index contributed by atoms with van der Waals surface area (Å²) in [6.45, 7) is -0.495. The van der Waals surface area contributed by atoms with Gasteiger partial charge in [0.1, 0.15) is 18.2 Å². The molecule has 0 saturated carbocycles. The Morgan fingerprint density at radius 3 is 2.60 bits per heavy atom. The van der Waals surface area contributed by atoms with Crippen LogP contribution in [0.2, 0.25) is 0 Å². The quantitative estimate of drug-likeness (QED) is 0.530. The van der Waals surface area contributed by atoms with Gasteiger partial charge < -0.3 is 5.32 Å². The number of carbonyl (C=O) groups excluding carboxylic acids is 1. The number of nitrogens with zero attached hydrogens (tertiary/aromatic N) is 3. The summed E-state index contributed by atoms with van der Waals surface area (Å²) in [5, 5.41) is 3.74. The van der Waals surface area contributed by atoms with E-state index in [1.165, 1.54) is 5.38 Å². The van der Waals surface area contributed by atoms with E-state index in [4.69, 9.17) is 0 Å². The smallest absolute Gasteiger partial charge is 0.322 e. The first-order valence-corrected chi connectivity index (χ1v) is 9.64. The molecule has 0 aliphatic carbocycles. The summed E-state index contributed by atoms with van der Waals surface area (Å²) in [5.41, 5.74) is -0.622. The van der Waals surface area contributed by atoms with Crippen LogP contribution in [0.25, 0.3) is 11.0 Å². The van der Waals surface area contributed by atoms with Gasteiger partial charge in [-0.3, -0.25) is 18.7 Å². The molecule has 0 saturated heterocycles. The molecule has 4 rings (SSSR count). The zero-order valence-electron chi connectivity index (χ0n) is 15.3. The van der Waals surface area contributed by atoms with Crippen molar-refractivity contribution < 1.29 is 13.6 Å². The average molecular weight is 428 g/mol. The third kappa shape index (κ3) is 3.77. The van der Waals surface area contributed by atoms with Crippen LogP contribution < -0.4 is 16.6 Å². The number of carbonyl (C=O) groups is 1. The van der Waals surface area contributed by atoms with E-state index >= 15 is 0 Å². The Morgan fingerprint density at radius 2 is 1.83 bits per heavy atom. The van der Waals surface area contributed by atoms with Crippen LogP contribution in [0.5, 0.6) is 0 Å². The predicted octanol–water partition coefficient (Wildman–Crippen LogP) is 2.58. The Balaban J connectivity index is 1.72. The van der Waals surface area contributed by atoms with Gasteiger partial charge in [-0.05, 0) is 29.2 Å². The number of hydrogen-bond acceptors (Lipinski definition) is 5. The van der Waals surface area contributed by atoms with Gasteiger partial charge in [0, 0.05) is 11.4 Å². The third-order valence-electron chi connectivity index (χ3n) is 4.44. The summed E-state index contributed by atoms with van der Waals surface area (Å²) >= 11 is 0.976. The van der Waals surface area contributed by atoms with E-state index in [1.807, 2.05) is 6.07 Å². The van der Waals surface area contributed by atoms with Crippen molar-refractivity contribution in [1.82, 2.24) is 13.5 Å². The molecule has 0 atom stereocenters. The molecule has 4 aromatic rings. The first-order chi connectivity index (χ1) is 14.4. The molecule has 30 heavy (non-hydrogen) atoms. The molecule has 152 valence electrons. The first kappa shape index (κ1) is 19.6. The van der Waals surface area contributed by atoms with E-state index in [0.717, 1.165) is 44.4 Å². The fraction of sp³-hybridized carbons (Fsp3) is 0.100.